The molecule has 1 fully saturated rings. The molecular weight excluding hydrogens is 659 g/mol. The molecule has 1 saturated heterocycles. The summed E-state index contributed by atoms with van der Waals surface area (Å²) in [5.41, 5.74) is 17.9. The van der Waals surface area contributed by atoms with Gasteiger partial charge in [-0.1, -0.05) is 0 Å². The van der Waals surface area contributed by atoms with E-state index in [1.54, 1.807) is 22.3 Å². The van der Waals surface area contributed by atoms with Crippen LogP contribution in [0.4, 0.5) is 0 Å². The van der Waals surface area contributed by atoms with Crippen molar-refractivity contribution < 1.29 is 20.0 Å². The Morgan fingerprint density at radius 2 is 1.05 bits per heavy atom. The molecule has 2 unspecified atom stereocenters. The van der Waals surface area contributed by atoms with Crippen molar-refractivity contribution >= 4 is 12.2 Å². The summed E-state index contributed by atoms with van der Waals surface area (Å²) in [5, 5.41) is 0. The third-order valence-corrected chi connectivity index (χ3v) is 25.6. The molecule has 2 aliphatic carbocycles. The number of benzene rings is 4. The van der Waals surface area contributed by atoms with Crippen LogP contribution in [-0.2, 0) is 20.0 Å². The van der Waals surface area contributed by atoms with E-state index in [0.29, 0.717) is 13.3 Å². The normalized spacial score (nSPS) is 23.4. The molecule has 1 heterocycles. The molecule has 1 heteroatoms. The van der Waals surface area contributed by atoms with Crippen molar-refractivity contribution in [3.8, 4) is 22.3 Å². The molecule has 2 atom stereocenters. The fourth-order valence-electron chi connectivity index (χ4n) is 8.72. The third kappa shape index (κ3) is 4.09. The van der Waals surface area contributed by atoms with E-state index in [1.165, 1.54) is 50.9 Å². The summed E-state index contributed by atoms with van der Waals surface area (Å²) in [6, 6.07) is 32.6. The molecule has 4 aromatic rings. The molecular formula is C40H42Hf. The minimum absolute atomic E-state index is 0.0617. The van der Waals surface area contributed by atoms with Crippen LogP contribution in [0.15, 0.2) is 96.1 Å². The molecule has 0 nitrogen and oxygen atoms in total. The molecule has 0 N–H and O–H groups in total. The quantitative estimate of drug-likeness (QED) is 0.186. The number of rotatable bonds is 4. The summed E-state index contributed by atoms with van der Waals surface area (Å²) in [5.74, 6) is 0.626. The predicted molar refractivity (Wildman–Crippen MR) is 174 cm³/mol. The van der Waals surface area contributed by atoms with Crippen LogP contribution in [0.1, 0.15) is 67.9 Å². The van der Waals surface area contributed by atoms with Crippen LogP contribution in [0, 0.1) is 25.2 Å². The first kappa shape index (κ1) is 27.1. The Hall–Kier alpha value is -2.77. The third-order valence-electron chi connectivity index (χ3n) is 10.4. The Balaban J connectivity index is 1.46. The molecule has 0 amide bonds. The topological polar surface area (TPSA) is 0 Å². The van der Waals surface area contributed by atoms with Crippen molar-refractivity contribution in [2.75, 3.05) is 0 Å². The van der Waals surface area contributed by atoms with Crippen molar-refractivity contribution in [3.05, 3.63) is 129 Å². The van der Waals surface area contributed by atoms with Crippen LogP contribution in [0.25, 0.3) is 34.4 Å². The van der Waals surface area contributed by atoms with Gasteiger partial charge in [0.1, 0.15) is 0 Å². The first-order valence-electron chi connectivity index (χ1n) is 15.4. The summed E-state index contributed by atoms with van der Waals surface area (Å²) < 4.78 is 6.76. The zero-order valence-corrected chi connectivity index (χ0v) is 29.3. The number of aryl methyl sites for hydroxylation is 2. The van der Waals surface area contributed by atoms with Crippen molar-refractivity contribution in [1.29, 1.82) is 0 Å². The Labute approximate surface area is 251 Å². The first-order chi connectivity index (χ1) is 19.6. The molecule has 41 heavy (non-hydrogen) atoms. The summed E-state index contributed by atoms with van der Waals surface area (Å²) >= 11 is -3.06. The second-order valence-corrected chi connectivity index (χ2v) is 31.4. The van der Waals surface area contributed by atoms with E-state index >= 15 is 0 Å². The van der Waals surface area contributed by atoms with E-state index in [2.05, 4.69) is 141 Å². The van der Waals surface area contributed by atoms with Gasteiger partial charge in [0, 0.05) is 0 Å². The maximum atomic E-state index is 2.76. The van der Waals surface area contributed by atoms with Gasteiger partial charge < -0.3 is 0 Å². The van der Waals surface area contributed by atoms with Crippen molar-refractivity contribution in [2.45, 2.75) is 57.7 Å². The van der Waals surface area contributed by atoms with Gasteiger partial charge in [-0.15, -0.1) is 0 Å². The van der Waals surface area contributed by atoms with Crippen LogP contribution < -0.4 is 0 Å². The Bertz CT molecular complexity index is 1610. The van der Waals surface area contributed by atoms with Crippen LogP contribution >= 0.6 is 0 Å². The van der Waals surface area contributed by atoms with Gasteiger partial charge in [0.15, 0.2) is 0 Å². The Morgan fingerprint density at radius 1 is 0.634 bits per heavy atom. The van der Waals surface area contributed by atoms with Crippen molar-refractivity contribution in [2.24, 2.45) is 11.3 Å². The fraction of sp³-hybridized carbons (Fsp3) is 0.300. The molecule has 0 aromatic heterocycles. The van der Waals surface area contributed by atoms with E-state index in [-0.39, 0.29) is 5.41 Å². The average molecular weight is 701 g/mol. The minimum atomic E-state index is -3.06. The molecule has 0 bridgehead atoms. The van der Waals surface area contributed by atoms with Gasteiger partial charge in [0.25, 0.3) is 0 Å². The Kier molecular flexibility index (Phi) is 6.36. The first-order valence-corrected chi connectivity index (χ1v) is 26.8. The van der Waals surface area contributed by atoms with Crippen molar-refractivity contribution in [3.63, 3.8) is 0 Å². The van der Waals surface area contributed by atoms with E-state index < -0.39 is 20.0 Å². The zero-order chi connectivity index (χ0) is 28.7. The molecule has 0 spiro atoms. The average Bonchev–Trinajstić information content (AvgIpc) is 3.54. The van der Waals surface area contributed by atoms with Gasteiger partial charge in [0.05, 0.1) is 0 Å². The van der Waals surface area contributed by atoms with Gasteiger partial charge in [-0.3, -0.25) is 0 Å². The fourth-order valence-corrected chi connectivity index (χ4v) is 26.1. The van der Waals surface area contributed by atoms with Gasteiger partial charge in [-0.25, -0.2) is 0 Å². The SMILES string of the molecule is Cc1ccc(-c2cccc3c2C=C2[CH]3[Hf]([CH3])([CH3])[CH]3C(=Cc4c(-c5ccc(C)cc5)cccc43)C2(C)CC(C)C)cc1. The van der Waals surface area contributed by atoms with Gasteiger partial charge in [-0.05, 0) is 0 Å². The molecule has 3 aliphatic rings. The molecule has 1 aliphatic heterocycles. The summed E-state index contributed by atoms with van der Waals surface area (Å²) in [6.07, 6.45) is 6.53. The van der Waals surface area contributed by atoms with E-state index in [0.717, 1.165) is 0 Å². The predicted octanol–water partition coefficient (Wildman–Crippen LogP) is 11.5. The van der Waals surface area contributed by atoms with E-state index in [1.807, 2.05) is 0 Å². The maximum absolute atomic E-state index is 3.06. The standard InChI is InChI=1S/C38H36.2CH3.Hf/c1-25(2)24-38(5,32-20-30-8-6-10-34(36(30)22-32)28-16-12-26(3)13-17-28)33-21-31-9-7-11-35(37(31)23-33)29-18-14-27(4)15-19-29;;;/h6-23,25H,24H2,1-5H3;2*1H3;. The van der Waals surface area contributed by atoms with Crippen LogP contribution in [0.3, 0.4) is 0 Å². The van der Waals surface area contributed by atoms with Gasteiger partial charge in [-0.2, -0.15) is 0 Å². The number of hydrogen-bond acceptors (Lipinski definition) is 0. The monoisotopic (exact) mass is 702 g/mol. The van der Waals surface area contributed by atoms with E-state index in [9.17, 15) is 0 Å². The molecule has 7 rings (SSSR count). The molecule has 0 saturated carbocycles. The van der Waals surface area contributed by atoms with E-state index in [4.69, 9.17) is 0 Å². The number of hydrogen-bond donors (Lipinski definition) is 0. The summed E-state index contributed by atoms with van der Waals surface area (Å²) in [4.78, 5) is 0. The van der Waals surface area contributed by atoms with Crippen LogP contribution in [-0.4, -0.2) is 0 Å². The van der Waals surface area contributed by atoms with Crippen LogP contribution in [0.5, 0.6) is 0 Å². The zero-order valence-electron chi connectivity index (χ0n) is 25.7. The Morgan fingerprint density at radius 3 is 1.44 bits per heavy atom. The molecule has 4 aromatic carbocycles. The van der Waals surface area contributed by atoms with Crippen LogP contribution in [0.2, 0.25) is 9.36 Å². The molecule has 0 radical (unpaired) electrons. The number of allylic oxidation sites excluding steroid dienone is 2. The van der Waals surface area contributed by atoms with Gasteiger partial charge in [0.2, 0.25) is 0 Å². The number of fused-ring (bicyclic) bond motifs is 6. The second-order valence-electron chi connectivity index (χ2n) is 14.2. The second kappa shape index (κ2) is 9.63. The summed E-state index contributed by atoms with van der Waals surface area (Å²) in [7, 11) is 0. The molecule has 206 valence electrons. The summed E-state index contributed by atoms with van der Waals surface area (Å²) in [6.45, 7) is 11.8. The van der Waals surface area contributed by atoms with Crippen molar-refractivity contribution in [1.82, 2.24) is 0 Å². The van der Waals surface area contributed by atoms with Gasteiger partial charge >= 0.3 is 253 Å².